The molecule has 2 unspecified atom stereocenters. The molecule has 2 atom stereocenters. The Morgan fingerprint density at radius 3 is 2.91 bits per heavy atom. The fourth-order valence-electron chi connectivity index (χ4n) is 2.86. The number of hydrogen-bond acceptors (Lipinski definition) is 5. The Morgan fingerprint density at radius 1 is 1.55 bits per heavy atom. The van der Waals surface area contributed by atoms with Crippen LogP contribution in [0.15, 0.2) is 22.8 Å². The first-order chi connectivity index (χ1) is 10.5. The summed E-state index contributed by atoms with van der Waals surface area (Å²) in [6, 6.07) is 4.06. The van der Waals surface area contributed by atoms with Gasteiger partial charge in [0, 0.05) is 39.3 Å². The van der Waals surface area contributed by atoms with Crippen LogP contribution in [-0.2, 0) is 11.3 Å². The van der Waals surface area contributed by atoms with Crippen LogP contribution in [0, 0.1) is 0 Å². The van der Waals surface area contributed by atoms with Crippen LogP contribution in [0.4, 0.5) is 0 Å². The summed E-state index contributed by atoms with van der Waals surface area (Å²) >= 11 is 0. The smallest absolute Gasteiger partial charge is 0.236 e. The zero-order valence-electron chi connectivity index (χ0n) is 13.7. The van der Waals surface area contributed by atoms with E-state index >= 15 is 0 Å². The van der Waals surface area contributed by atoms with Crippen molar-refractivity contribution < 1.29 is 14.3 Å². The van der Waals surface area contributed by atoms with Crippen LogP contribution in [0.2, 0.25) is 0 Å². The lowest BCUT2D eigenvalue weighted by molar-refractivity contribution is -0.132. The largest absolute Gasteiger partial charge is 0.467 e. The Bertz CT molecular complexity index is 461. The number of nitrogens with zero attached hydrogens (tertiary/aromatic N) is 3. The predicted octanol–water partition coefficient (Wildman–Crippen LogP) is 0.625. The van der Waals surface area contributed by atoms with Gasteiger partial charge in [0.25, 0.3) is 0 Å². The molecule has 2 heterocycles. The topological polar surface area (TPSA) is 60.2 Å². The summed E-state index contributed by atoms with van der Waals surface area (Å²) in [5, 5.41) is 9.50. The summed E-state index contributed by atoms with van der Waals surface area (Å²) in [5.41, 5.74) is 0. The highest BCUT2D eigenvalue weighted by Gasteiger charge is 2.26. The number of likely N-dealkylation sites (N-methyl/N-ethyl adjacent to an activating group) is 1. The second-order valence-corrected chi connectivity index (χ2v) is 6.26. The second kappa shape index (κ2) is 7.76. The number of aliphatic hydroxyl groups is 1. The maximum Gasteiger partial charge on any atom is 0.236 e. The highest BCUT2D eigenvalue weighted by molar-refractivity contribution is 5.77. The number of rotatable bonds is 6. The fourth-order valence-corrected chi connectivity index (χ4v) is 2.86. The molecule has 124 valence electrons. The van der Waals surface area contributed by atoms with E-state index in [1.165, 1.54) is 0 Å². The van der Waals surface area contributed by atoms with Crippen molar-refractivity contribution in [1.82, 2.24) is 14.7 Å². The monoisotopic (exact) mass is 309 g/mol. The molecule has 1 N–H and O–H groups in total. The van der Waals surface area contributed by atoms with E-state index in [1.54, 1.807) is 18.2 Å². The van der Waals surface area contributed by atoms with Gasteiger partial charge < -0.3 is 14.4 Å². The van der Waals surface area contributed by atoms with E-state index in [0.717, 1.165) is 25.4 Å². The number of aliphatic hydroxyl groups excluding tert-OH is 1. The molecule has 6 nitrogen and oxygen atoms in total. The molecular weight excluding hydrogens is 282 g/mol. The molecule has 2 rings (SSSR count). The maximum atomic E-state index is 12.3. The van der Waals surface area contributed by atoms with E-state index < -0.39 is 0 Å². The molecule has 1 aromatic rings. The van der Waals surface area contributed by atoms with Gasteiger partial charge in [-0.3, -0.25) is 14.6 Å². The highest BCUT2D eigenvalue weighted by atomic mass is 16.3. The molecule has 1 amide bonds. The van der Waals surface area contributed by atoms with Gasteiger partial charge in [0.05, 0.1) is 25.5 Å². The molecule has 6 heteroatoms. The van der Waals surface area contributed by atoms with Crippen molar-refractivity contribution in [2.24, 2.45) is 0 Å². The SMILES string of the molecule is CC(O)CN1CCN(CC(=O)N(C)Cc2ccco2)CC1C. The number of carbonyl (C=O) groups excluding carboxylic acids is 1. The molecule has 1 aliphatic heterocycles. The number of β-amino-alcohol motifs (C(OH)–C–C–N with tert-alkyl or cyclic N) is 1. The molecule has 1 saturated heterocycles. The minimum atomic E-state index is -0.310. The van der Waals surface area contributed by atoms with Gasteiger partial charge in [-0.15, -0.1) is 0 Å². The van der Waals surface area contributed by atoms with Gasteiger partial charge in [0.2, 0.25) is 5.91 Å². The molecule has 22 heavy (non-hydrogen) atoms. The minimum Gasteiger partial charge on any atom is -0.467 e. The van der Waals surface area contributed by atoms with E-state index in [2.05, 4.69) is 16.7 Å². The maximum absolute atomic E-state index is 12.3. The molecule has 0 radical (unpaired) electrons. The zero-order chi connectivity index (χ0) is 16.1. The number of hydrogen-bond donors (Lipinski definition) is 1. The number of furan rings is 1. The van der Waals surface area contributed by atoms with Crippen molar-refractivity contribution in [3.63, 3.8) is 0 Å². The fraction of sp³-hybridized carbons (Fsp3) is 0.688. The molecule has 0 aromatic carbocycles. The Hall–Kier alpha value is -1.37. The van der Waals surface area contributed by atoms with Gasteiger partial charge in [-0.2, -0.15) is 0 Å². The molecule has 0 spiro atoms. The average molecular weight is 309 g/mol. The normalized spacial score (nSPS) is 21.7. The van der Waals surface area contributed by atoms with E-state index in [1.807, 2.05) is 19.1 Å². The van der Waals surface area contributed by atoms with E-state index in [-0.39, 0.29) is 12.0 Å². The summed E-state index contributed by atoms with van der Waals surface area (Å²) in [6.07, 6.45) is 1.31. The Kier molecular flexibility index (Phi) is 5.99. The lowest BCUT2D eigenvalue weighted by atomic mass is 10.1. The first-order valence-corrected chi connectivity index (χ1v) is 7.86. The van der Waals surface area contributed by atoms with Gasteiger partial charge in [0.15, 0.2) is 0 Å². The van der Waals surface area contributed by atoms with Crippen LogP contribution >= 0.6 is 0 Å². The van der Waals surface area contributed by atoms with Crippen molar-refractivity contribution in [3.8, 4) is 0 Å². The number of piperazine rings is 1. The molecule has 0 aliphatic carbocycles. The number of carbonyl (C=O) groups is 1. The quantitative estimate of drug-likeness (QED) is 0.835. The summed E-state index contributed by atoms with van der Waals surface area (Å²) in [4.78, 5) is 18.5. The van der Waals surface area contributed by atoms with Crippen molar-refractivity contribution in [1.29, 1.82) is 0 Å². The van der Waals surface area contributed by atoms with Crippen LogP contribution in [-0.4, -0.2) is 77.6 Å². The van der Waals surface area contributed by atoms with E-state index in [0.29, 0.717) is 25.7 Å². The minimum absolute atomic E-state index is 0.104. The third-order valence-corrected chi connectivity index (χ3v) is 4.11. The van der Waals surface area contributed by atoms with Crippen molar-refractivity contribution in [2.75, 3.05) is 39.8 Å². The Morgan fingerprint density at radius 2 is 2.32 bits per heavy atom. The summed E-state index contributed by atoms with van der Waals surface area (Å²) in [7, 11) is 1.80. The molecular formula is C16H27N3O3. The standard InChI is InChI=1S/C16H27N3O3/c1-13-9-18(6-7-19(13)10-14(2)20)12-16(21)17(3)11-15-5-4-8-22-15/h4-5,8,13-14,20H,6-7,9-12H2,1-3H3. The summed E-state index contributed by atoms with van der Waals surface area (Å²) in [6.45, 7) is 8.19. The van der Waals surface area contributed by atoms with Crippen LogP contribution in [0.25, 0.3) is 0 Å². The van der Waals surface area contributed by atoms with Gasteiger partial charge in [-0.05, 0) is 26.0 Å². The lowest BCUT2D eigenvalue weighted by Gasteiger charge is -2.40. The molecule has 0 saturated carbocycles. The third-order valence-electron chi connectivity index (χ3n) is 4.11. The van der Waals surface area contributed by atoms with Crippen molar-refractivity contribution >= 4 is 5.91 Å². The van der Waals surface area contributed by atoms with Gasteiger partial charge >= 0.3 is 0 Å². The lowest BCUT2D eigenvalue weighted by Crippen LogP contribution is -2.55. The van der Waals surface area contributed by atoms with Crippen molar-refractivity contribution in [3.05, 3.63) is 24.2 Å². The molecule has 1 aromatic heterocycles. The van der Waals surface area contributed by atoms with Gasteiger partial charge in [0.1, 0.15) is 5.76 Å². The molecule has 1 aliphatic rings. The van der Waals surface area contributed by atoms with E-state index in [9.17, 15) is 9.90 Å². The second-order valence-electron chi connectivity index (χ2n) is 6.26. The van der Waals surface area contributed by atoms with E-state index in [4.69, 9.17) is 4.42 Å². The van der Waals surface area contributed by atoms with Crippen LogP contribution < -0.4 is 0 Å². The first kappa shape index (κ1) is 17.0. The van der Waals surface area contributed by atoms with Crippen LogP contribution in [0.1, 0.15) is 19.6 Å². The third kappa shape index (κ3) is 4.83. The summed E-state index contributed by atoms with van der Waals surface area (Å²) in [5.74, 6) is 0.901. The van der Waals surface area contributed by atoms with Crippen molar-refractivity contribution in [2.45, 2.75) is 32.5 Å². The van der Waals surface area contributed by atoms with Gasteiger partial charge in [-0.1, -0.05) is 0 Å². The highest BCUT2D eigenvalue weighted by Crippen LogP contribution is 2.11. The van der Waals surface area contributed by atoms with Gasteiger partial charge in [-0.25, -0.2) is 0 Å². The molecule has 0 bridgehead atoms. The van der Waals surface area contributed by atoms with Crippen LogP contribution in [0.5, 0.6) is 0 Å². The molecule has 1 fully saturated rings. The first-order valence-electron chi connectivity index (χ1n) is 7.86. The van der Waals surface area contributed by atoms with Crippen LogP contribution in [0.3, 0.4) is 0 Å². The predicted molar refractivity (Wildman–Crippen MR) is 84.3 cm³/mol. The average Bonchev–Trinajstić information content (AvgIpc) is 2.94. The number of amides is 1. The zero-order valence-corrected chi connectivity index (χ0v) is 13.7. The Balaban J connectivity index is 1.78. The summed E-state index contributed by atoms with van der Waals surface area (Å²) < 4.78 is 5.27. The Labute approximate surface area is 132 Å².